The van der Waals surface area contributed by atoms with Gasteiger partial charge in [0, 0.05) is 22.9 Å². The minimum atomic E-state index is -0.449. The number of hydrogen-bond acceptors (Lipinski definition) is 6. The number of allylic oxidation sites excluding steroid dienone is 2. The van der Waals surface area contributed by atoms with Gasteiger partial charge in [-0.15, -0.1) is 0 Å². The largest absolute Gasteiger partial charge is 0.497 e. The second kappa shape index (κ2) is 7.16. The van der Waals surface area contributed by atoms with Gasteiger partial charge in [0.05, 0.1) is 38.4 Å². The lowest BCUT2D eigenvalue weighted by Gasteiger charge is -2.31. The molecule has 1 N–H and O–H groups in total. The van der Waals surface area contributed by atoms with Crippen LogP contribution in [0.2, 0.25) is 0 Å². The summed E-state index contributed by atoms with van der Waals surface area (Å²) in [7, 11) is 4.76. The Morgan fingerprint density at radius 3 is 2.52 bits per heavy atom. The van der Waals surface area contributed by atoms with Crippen LogP contribution >= 0.6 is 0 Å². The van der Waals surface area contributed by atoms with Gasteiger partial charge in [-0.25, -0.2) is 4.98 Å². The van der Waals surface area contributed by atoms with E-state index >= 15 is 0 Å². The average Bonchev–Trinajstić information content (AvgIpc) is 3.09. The first-order valence-electron chi connectivity index (χ1n) is 9.25. The molecule has 1 aromatic heterocycles. The van der Waals surface area contributed by atoms with Gasteiger partial charge < -0.3 is 19.5 Å². The number of Topliss-reactive ketones (excluding diaryl/α,β-unsaturated/α-hetero) is 1. The zero-order chi connectivity index (χ0) is 20.7. The molecule has 150 valence electrons. The summed E-state index contributed by atoms with van der Waals surface area (Å²) in [6.45, 7) is 3.46. The van der Waals surface area contributed by atoms with Crippen molar-refractivity contribution in [2.75, 3.05) is 26.6 Å². The summed E-state index contributed by atoms with van der Waals surface area (Å²) >= 11 is 0. The number of nitrogens with one attached hydrogen (secondary N) is 1. The zero-order valence-corrected chi connectivity index (χ0v) is 17.1. The molecule has 4 rings (SSSR count). The molecule has 29 heavy (non-hydrogen) atoms. The number of methoxy groups -OCH3 is 3. The van der Waals surface area contributed by atoms with Crippen molar-refractivity contribution in [2.45, 2.75) is 19.9 Å². The van der Waals surface area contributed by atoms with Gasteiger partial charge in [0.25, 0.3) is 0 Å². The summed E-state index contributed by atoms with van der Waals surface area (Å²) in [5.41, 5.74) is 3.91. The Hall–Kier alpha value is -3.48. The molecule has 0 amide bonds. The number of anilines is 1. The maximum Gasteiger partial charge on any atom is 0.209 e. The van der Waals surface area contributed by atoms with E-state index in [0.29, 0.717) is 28.8 Å². The Balaban J connectivity index is 2.10. The number of nitrogens with zero attached hydrogens (tertiary/aromatic N) is 2. The smallest absolute Gasteiger partial charge is 0.209 e. The van der Waals surface area contributed by atoms with E-state index in [-0.39, 0.29) is 5.78 Å². The molecule has 7 heteroatoms. The first-order valence-corrected chi connectivity index (χ1v) is 9.25. The SMILES string of the molecule is COc1cc(OC)c(OC)c(C2C(C(C)=O)=C(C)Nc3nc4ccccc4n32)c1. The van der Waals surface area contributed by atoms with Crippen molar-refractivity contribution in [3.05, 3.63) is 53.2 Å². The fourth-order valence-electron chi connectivity index (χ4n) is 4.00. The highest BCUT2D eigenvalue weighted by Gasteiger charge is 2.35. The van der Waals surface area contributed by atoms with Crippen LogP contribution in [0.15, 0.2) is 47.7 Å². The maximum absolute atomic E-state index is 12.7. The topological polar surface area (TPSA) is 74.6 Å². The van der Waals surface area contributed by atoms with Crippen LogP contribution < -0.4 is 19.5 Å². The normalized spacial score (nSPS) is 15.7. The molecule has 0 bridgehead atoms. The number of carbonyl (C=O) groups is 1. The average molecular weight is 393 g/mol. The number of rotatable bonds is 5. The summed E-state index contributed by atoms with van der Waals surface area (Å²) in [4.78, 5) is 17.5. The lowest BCUT2D eigenvalue weighted by Crippen LogP contribution is -2.27. The number of fused-ring (bicyclic) bond motifs is 3. The monoisotopic (exact) mass is 393 g/mol. The van der Waals surface area contributed by atoms with Crippen molar-refractivity contribution in [1.82, 2.24) is 9.55 Å². The Bertz CT molecular complexity index is 1150. The predicted octanol–water partition coefficient (Wildman–Crippen LogP) is 3.94. The quantitative estimate of drug-likeness (QED) is 0.708. The molecule has 3 aromatic rings. The Morgan fingerprint density at radius 1 is 1.10 bits per heavy atom. The Labute approximate surface area is 168 Å². The number of para-hydroxylation sites is 2. The van der Waals surface area contributed by atoms with Gasteiger partial charge >= 0.3 is 0 Å². The van der Waals surface area contributed by atoms with E-state index in [2.05, 4.69) is 5.32 Å². The molecule has 1 aliphatic rings. The van der Waals surface area contributed by atoms with Gasteiger partial charge in [-0.1, -0.05) is 12.1 Å². The zero-order valence-electron chi connectivity index (χ0n) is 17.1. The fourth-order valence-corrected chi connectivity index (χ4v) is 4.00. The van der Waals surface area contributed by atoms with E-state index in [4.69, 9.17) is 19.2 Å². The number of ketones is 1. The van der Waals surface area contributed by atoms with E-state index < -0.39 is 6.04 Å². The summed E-state index contributed by atoms with van der Waals surface area (Å²) in [6.07, 6.45) is 0. The van der Waals surface area contributed by atoms with Crippen molar-refractivity contribution < 1.29 is 19.0 Å². The van der Waals surface area contributed by atoms with Gasteiger partial charge in [0.2, 0.25) is 5.95 Å². The number of carbonyl (C=O) groups excluding carboxylic acids is 1. The van der Waals surface area contributed by atoms with Gasteiger partial charge in [-0.2, -0.15) is 0 Å². The summed E-state index contributed by atoms with van der Waals surface area (Å²) < 4.78 is 18.8. The summed E-state index contributed by atoms with van der Waals surface area (Å²) in [5, 5.41) is 3.28. The van der Waals surface area contributed by atoms with Crippen LogP contribution in [0.4, 0.5) is 5.95 Å². The van der Waals surface area contributed by atoms with Crippen LogP contribution in [-0.4, -0.2) is 36.7 Å². The molecule has 0 fully saturated rings. The number of imidazole rings is 1. The number of ether oxygens (including phenoxy) is 3. The molecule has 1 atom stereocenters. The molecule has 2 aromatic carbocycles. The minimum absolute atomic E-state index is 0.0349. The van der Waals surface area contributed by atoms with E-state index in [9.17, 15) is 4.79 Å². The molecule has 7 nitrogen and oxygen atoms in total. The third kappa shape index (κ3) is 2.90. The lowest BCUT2D eigenvalue weighted by atomic mass is 9.91. The molecule has 0 radical (unpaired) electrons. The Kier molecular flexibility index (Phi) is 4.66. The molecule has 0 spiro atoms. The van der Waals surface area contributed by atoms with Crippen LogP contribution in [0.5, 0.6) is 17.2 Å². The van der Waals surface area contributed by atoms with Crippen LogP contribution in [0.3, 0.4) is 0 Å². The maximum atomic E-state index is 12.7. The Morgan fingerprint density at radius 2 is 1.86 bits per heavy atom. The number of hydrogen-bond donors (Lipinski definition) is 1. The standard InChI is InChI=1S/C22H23N3O4/c1-12-19(13(2)26)20(15-10-14(27-3)11-18(28-4)21(15)29-5)25-17-9-7-6-8-16(17)24-22(25)23-12/h6-11,20H,1-5H3,(H,23,24). The van der Waals surface area contributed by atoms with Crippen LogP contribution in [0.1, 0.15) is 25.5 Å². The van der Waals surface area contributed by atoms with Gasteiger partial charge in [0.1, 0.15) is 5.75 Å². The van der Waals surface area contributed by atoms with Crippen LogP contribution in [0, 0.1) is 0 Å². The van der Waals surface area contributed by atoms with Gasteiger partial charge in [-0.3, -0.25) is 9.36 Å². The molecule has 0 aliphatic carbocycles. The van der Waals surface area contributed by atoms with Crippen molar-refractivity contribution >= 4 is 22.8 Å². The molecule has 1 aliphatic heterocycles. The molecular formula is C22H23N3O4. The number of aromatic nitrogens is 2. The van der Waals surface area contributed by atoms with Crippen molar-refractivity contribution in [2.24, 2.45) is 0 Å². The molecule has 1 unspecified atom stereocenters. The first-order chi connectivity index (χ1) is 14.0. The highest BCUT2D eigenvalue weighted by atomic mass is 16.5. The first kappa shape index (κ1) is 18.9. The van der Waals surface area contributed by atoms with Crippen molar-refractivity contribution in [1.29, 1.82) is 0 Å². The second-order valence-electron chi connectivity index (χ2n) is 6.87. The summed E-state index contributed by atoms with van der Waals surface area (Å²) in [6, 6.07) is 11.0. The van der Waals surface area contributed by atoms with E-state index in [1.54, 1.807) is 34.3 Å². The van der Waals surface area contributed by atoms with E-state index in [1.165, 1.54) is 0 Å². The van der Waals surface area contributed by atoms with Crippen LogP contribution in [0.25, 0.3) is 11.0 Å². The van der Waals surface area contributed by atoms with Gasteiger partial charge in [-0.05, 0) is 32.0 Å². The third-order valence-electron chi connectivity index (χ3n) is 5.22. The molecule has 0 saturated carbocycles. The minimum Gasteiger partial charge on any atom is -0.497 e. The molecule has 2 heterocycles. The highest BCUT2D eigenvalue weighted by Crippen LogP contribution is 2.46. The third-order valence-corrected chi connectivity index (χ3v) is 5.22. The molecular weight excluding hydrogens is 370 g/mol. The fraction of sp³-hybridized carbons (Fsp3) is 0.273. The van der Waals surface area contributed by atoms with E-state index in [0.717, 1.165) is 22.3 Å². The van der Waals surface area contributed by atoms with Crippen LogP contribution in [-0.2, 0) is 4.79 Å². The molecule has 0 saturated heterocycles. The van der Waals surface area contributed by atoms with Crippen molar-refractivity contribution in [3.8, 4) is 17.2 Å². The predicted molar refractivity (Wildman–Crippen MR) is 111 cm³/mol. The van der Waals surface area contributed by atoms with Crippen molar-refractivity contribution in [3.63, 3.8) is 0 Å². The number of benzene rings is 2. The van der Waals surface area contributed by atoms with Gasteiger partial charge in [0.15, 0.2) is 17.3 Å². The highest BCUT2D eigenvalue weighted by molar-refractivity contribution is 5.98. The lowest BCUT2D eigenvalue weighted by molar-refractivity contribution is -0.114. The van der Waals surface area contributed by atoms with E-state index in [1.807, 2.05) is 41.8 Å². The summed E-state index contributed by atoms with van der Waals surface area (Å²) in [5.74, 6) is 2.33. The second-order valence-corrected chi connectivity index (χ2v) is 6.87.